The van der Waals surface area contributed by atoms with Crippen LogP contribution in [0.5, 0.6) is 0 Å². The van der Waals surface area contributed by atoms with E-state index in [4.69, 9.17) is 9.47 Å². The Kier molecular flexibility index (Phi) is 5.13. The second kappa shape index (κ2) is 7.35. The van der Waals surface area contributed by atoms with Crippen LogP contribution in [0.15, 0.2) is 12.2 Å². The van der Waals surface area contributed by atoms with E-state index in [0.717, 1.165) is 32.1 Å². The van der Waals surface area contributed by atoms with Gasteiger partial charge in [0.05, 0.1) is 31.5 Å². The van der Waals surface area contributed by atoms with Crippen molar-refractivity contribution in [1.82, 2.24) is 0 Å². The summed E-state index contributed by atoms with van der Waals surface area (Å²) in [5.41, 5.74) is 0.528. The van der Waals surface area contributed by atoms with Gasteiger partial charge in [-0.2, -0.15) is 0 Å². The monoisotopic (exact) mass is 486 g/mol. The molecule has 6 rings (SSSR count). The maximum Gasteiger partial charge on any atom is 0.330 e. The van der Waals surface area contributed by atoms with Gasteiger partial charge in [0.2, 0.25) is 0 Å². The lowest BCUT2D eigenvalue weighted by molar-refractivity contribution is -0.182. The summed E-state index contributed by atoms with van der Waals surface area (Å²) in [6.07, 6.45) is 11.3. The van der Waals surface area contributed by atoms with Gasteiger partial charge in [-0.25, -0.2) is 4.79 Å². The number of aliphatic hydroxyl groups excluding tert-OH is 2. The van der Waals surface area contributed by atoms with E-state index in [9.17, 15) is 15.0 Å². The van der Waals surface area contributed by atoms with Gasteiger partial charge in [-0.1, -0.05) is 34.6 Å². The number of carbonyl (C=O) groups excluding carboxylic acids is 1. The average Bonchev–Trinajstić information content (AvgIpc) is 3.45. The van der Waals surface area contributed by atoms with E-state index < -0.39 is 6.10 Å². The summed E-state index contributed by atoms with van der Waals surface area (Å²) < 4.78 is 11.4. The Hall–Kier alpha value is -0.910. The topological polar surface area (TPSA) is 76.0 Å². The highest BCUT2D eigenvalue weighted by atomic mass is 16.5. The second-order valence-electron chi connectivity index (χ2n) is 14.5. The largest absolute Gasteiger partial charge is 0.466 e. The van der Waals surface area contributed by atoms with Crippen molar-refractivity contribution in [2.24, 2.45) is 50.7 Å². The van der Waals surface area contributed by atoms with Crippen molar-refractivity contribution in [3.8, 4) is 0 Å². The van der Waals surface area contributed by atoms with Gasteiger partial charge in [0.25, 0.3) is 0 Å². The molecule has 2 spiro atoms. The third-order valence-corrected chi connectivity index (χ3v) is 13.5. The molecular formula is C30H46O5. The molecule has 0 aromatic heterocycles. The zero-order valence-electron chi connectivity index (χ0n) is 22.5. The zero-order valence-corrected chi connectivity index (χ0v) is 22.5. The first kappa shape index (κ1) is 24.4. The van der Waals surface area contributed by atoms with E-state index >= 15 is 0 Å². The van der Waals surface area contributed by atoms with Crippen LogP contribution in [0, 0.1) is 50.7 Å². The molecule has 1 aliphatic heterocycles. The molecule has 0 radical (unpaired) electrons. The van der Waals surface area contributed by atoms with E-state index in [1.165, 1.54) is 32.4 Å². The molecular weight excluding hydrogens is 440 g/mol. The standard InChI is InChI=1S/C30H46O5/c1-17-15-18(7-10-22(32)34-6)35-24-23(17)27(4)13-14-30-16-29(30)12-11-21(31)26(2,3)19(29)8-9-20(30)28(27,5)25(24)33/h7,10,17-21,23-25,31,33H,8-9,11-16H2,1-6H3/b10-7+/t17-,18+,19+,20+,21+,23?,24+,25+,27-,28-,29-,30+/m1/s1. The van der Waals surface area contributed by atoms with Gasteiger partial charge < -0.3 is 19.7 Å². The summed E-state index contributed by atoms with van der Waals surface area (Å²) >= 11 is 0. The van der Waals surface area contributed by atoms with Gasteiger partial charge in [0, 0.05) is 11.5 Å². The highest BCUT2D eigenvalue weighted by molar-refractivity contribution is 5.81. The van der Waals surface area contributed by atoms with Crippen LogP contribution in [0.4, 0.5) is 0 Å². The number of rotatable bonds is 2. The third-order valence-electron chi connectivity index (χ3n) is 13.5. The molecule has 6 aliphatic rings. The molecule has 2 N–H and O–H groups in total. The van der Waals surface area contributed by atoms with E-state index in [1.807, 2.05) is 6.08 Å². The Bertz CT molecular complexity index is 943. The SMILES string of the molecule is COC(=O)/C=C/[C@H]1C[C@@H](C)C2[C@H](O1)[C@H](O)[C@@]1(C)[C@@H]3CC[C@H]4C(C)(C)[C@@H](O)CC[C@@]45C[C@@]35CC[C@]21C. The molecule has 5 saturated carbocycles. The predicted octanol–water partition coefficient (Wildman–Crippen LogP) is 4.89. The fourth-order valence-electron chi connectivity index (χ4n) is 11.7. The molecule has 6 fully saturated rings. The normalized spacial score (nSPS) is 57.9. The lowest BCUT2D eigenvalue weighted by atomic mass is 9.41. The number of methoxy groups -OCH3 is 1. The molecule has 1 saturated heterocycles. The Balaban J connectivity index is 1.34. The molecule has 5 aliphatic carbocycles. The van der Waals surface area contributed by atoms with Gasteiger partial charge in [0.15, 0.2) is 0 Å². The van der Waals surface area contributed by atoms with Crippen LogP contribution in [0.2, 0.25) is 0 Å². The van der Waals surface area contributed by atoms with Crippen molar-refractivity contribution in [3.05, 3.63) is 12.2 Å². The Labute approximate surface area is 211 Å². The first-order valence-electron chi connectivity index (χ1n) is 14.2. The number of aliphatic hydroxyl groups is 2. The van der Waals surface area contributed by atoms with Crippen LogP contribution in [0.25, 0.3) is 0 Å². The van der Waals surface area contributed by atoms with Crippen molar-refractivity contribution < 1.29 is 24.5 Å². The summed E-state index contributed by atoms with van der Waals surface area (Å²) in [4.78, 5) is 11.7. The minimum Gasteiger partial charge on any atom is -0.466 e. The van der Waals surface area contributed by atoms with Gasteiger partial charge in [-0.15, -0.1) is 0 Å². The Morgan fingerprint density at radius 1 is 1.00 bits per heavy atom. The number of ether oxygens (including phenoxy) is 2. The first-order chi connectivity index (χ1) is 16.4. The number of carbonyl (C=O) groups is 1. The minimum atomic E-state index is -0.493. The number of esters is 1. The van der Waals surface area contributed by atoms with Crippen LogP contribution >= 0.6 is 0 Å². The van der Waals surface area contributed by atoms with Crippen LogP contribution in [-0.2, 0) is 14.3 Å². The van der Waals surface area contributed by atoms with Gasteiger partial charge >= 0.3 is 5.97 Å². The maximum atomic E-state index is 12.1. The van der Waals surface area contributed by atoms with Crippen molar-refractivity contribution in [1.29, 1.82) is 0 Å². The molecule has 12 atom stereocenters. The summed E-state index contributed by atoms with van der Waals surface area (Å²) in [6, 6.07) is 0. The van der Waals surface area contributed by atoms with Gasteiger partial charge in [0.1, 0.15) is 0 Å². The number of hydrogen-bond acceptors (Lipinski definition) is 5. The lowest BCUT2D eigenvalue weighted by Crippen LogP contribution is -2.59. The zero-order chi connectivity index (χ0) is 25.2. The molecule has 0 aromatic rings. The lowest BCUT2D eigenvalue weighted by Gasteiger charge is -2.63. The molecule has 5 nitrogen and oxygen atoms in total. The Morgan fingerprint density at radius 3 is 2.40 bits per heavy atom. The number of hydrogen-bond donors (Lipinski definition) is 2. The molecule has 1 heterocycles. The highest BCUT2D eigenvalue weighted by Gasteiger charge is 2.84. The quantitative estimate of drug-likeness (QED) is 0.429. The van der Waals surface area contributed by atoms with Crippen molar-refractivity contribution in [2.45, 2.75) is 110 Å². The Morgan fingerprint density at radius 2 is 1.69 bits per heavy atom. The molecule has 35 heavy (non-hydrogen) atoms. The molecule has 0 bridgehead atoms. The van der Waals surface area contributed by atoms with Crippen molar-refractivity contribution >= 4 is 5.97 Å². The van der Waals surface area contributed by atoms with Gasteiger partial charge in [-0.3, -0.25) is 0 Å². The molecule has 1 unspecified atom stereocenters. The summed E-state index contributed by atoms with van der Waals surface area (Å²) in [7, 11) is 1.39. The predicted molar refractivity (Wildman–Crippen MR) is 133 cm³/mol. The van der Waals surface area contributed by atoms with E-state index in [0.29, 0.717) is 34.5 Å². The number of fused-ring (bicyclic) bond motifs is 4. The molecule has 5 heteroatoms. The first-order valence-corrected chi connectivity index (χ1v) is 14.2. The third kappa shape index (κ3) is 2.74. The van der Waals surface area contributed by atoms with E-state index in [2.05, 4.69) is 34.6 Å². The van der Waals surface area contributed by atoms with E-state index in [-0.39, 0.29) is 40.5 Å². The van der Waals surface area contributed by atoms with Crippen LogP contribution in [0.3, 0.4) is 0 Å². The molecule has 0 aromatic carbocycles. The van der Waals surface area contributed by atoms with E-state index in [1.54, 1.807) is 0 Å². The van der Waals surface area contributed by atoms with Crippen LogP contribution in [0.1, 0.15) is 86.0 Å². The van der Waals surface area contributed by atoms with Crippen LogP contribution in [-0.4, -0.2) is 47.7 Å². The van der Waals surface area contributed by atoms with Crippen molar-refractivity contribution in [3.63, 3.8) is 0 Å². The summed E-state index contributed by atoms with van der Waals surface area (Å²) in [5.74, 6) is 1.49. The van der Waals surface area contributed by atoms with Crippen LogP contribution < -0.4 is 0 Å². The smallest absolute Gasteiger partial charge is 0.330 e. The molecule has 0 amide bonds. The highest BCUT2D eigenvalue weighted by Crippen LogP contribution is 2.89. The average molecular weight is 487 g/mol. The fourth-order valence-corrected chi connectivity index (χ4v) is 11.7. The minimum absolute atomic E-state index is 0.0204. The summed E-state index contributed by atoms with van der Waals surface area (Å²) in [6.45, 7) is 11.8. The fraction of sp³-hybridized carbons (Fsp3) is 0.900. The second-order valence-corrected chi connectivity index (χ2v) is 14.5. The molecule has 196 valence electrons. The maximum absolute atomic E-state index is 12.1. The summed E-state index contributed by atoms with van der Waals surface area (Å²) in [5, 5.41) is 23.0. The van der Waals surface area contributed by atoms with Gasteiger partial charge in [-0.05, 0) is 103 Å². The van der Waals surface area contributed by atoms with Crippen molar-refractivity contribution in [2.75, 3.05) is 7.11 Å².